The van der Waals surface area contributed by atoms with Crippen LogP contribution in [0.15, 0.2) is 24.3 Å². The predicted molar refractivity (Wildman–Crippen MR) is 77.1 cm³/mol. The largest absolute Gasteiger partial charge is 0.389 e. The van der Waals surface area contributed by atoms with E-state index in [1.165, 1.54) is 0 Å². The maximum absolute atomic E-state index is 11.5. The smallest absolute Gasteiger partial charge is 0.319 e. The summed E-state index contributed by atoms with van der Waals surface area (Å²) in [6.45, 7) is 2.39. The summed E-state index contributed by atoms with van der Waals surface area (Å²) >= 11 is 1.77. The van der Waals surface area contributed by atoms with Gasteiger partial charge in [0.05, 0.1) is 6.10 Å². The molecular weight excluding hydrogens is 248 g/mol. The molecule has 1 unspecified atom stereocenters. The van der Waals surface area contributed by atoms with Gasteiger partial charge in [-0.25, -0.2) is 4.79 Å². The molecule has 2 amide bonds. The molecule has 1 rings (SSSR count). The van der Waals surface area contributed by atoms with E-state index in [4.69, 9.17) is 0 Å². The van der Waals surface area contributed by atoms with Crippen molar-refractivity contribution in [3.63, 3.8) is 0 Å². The summed E-state index contributed by atoms with van der Waals surface area (Å²) in [7, 11) is 0. The minimum Gasteiger partial charge on any atom is -0.389 e. The van der Waals surface area contributed by atoms with E-state index in [1.807, 2.05) is 6.26 Å². The second-order valence-corrected chi connectivity index (χ2v) is 5.01. The SMILES string of the molecule is CSCCCNC(=O)Nc1ccc(C(C)O)cc1. The average molecular weight is 268 g/mol. The Morgan fingerprint density at radius 3 is 2.61 bits per heavy atom. The van der Waals surface area contributed by atoms with Gasteiger partial charge >= 0.3 is 6.03 Å². The molecule has 1 atom stereocenters. The Bertz CT molecular complexity index is 366. The number of aliphatic hydroxyl groups is 1. The first kappa shape index (κ1) is 14.9. The van der Waals surface area contributed by atoms with Crippen molar-refractivity contribution in [3.8, 4) is 0 Å². The summed E-state index contributed by atoms with van der Waals surface area (Å²) < 4.78 is 0. The molecule has 1 aromatic carbocycles. The second kappa shape index (κ2) is 8.00. The number of hydrogen-bond donors (Lipinski definition) is 3. The predicted octanol–water partition coefficient (Wildman–Crippen LogP) is 2.61. The van der Waals surface area contributed by atoms with E-state index in [1.54, 1.807) is 43.0 Å². The average Bonchev–Trinajstić information content (AvgIpc) is 2.35. The van der Waals surface area contributed by atoms with Gasteiger partial charge in [-0.2, -0.15) is 11.8 Å². The zero-order valence-electron chi connectivity index (χ0n) is 10.8. The highest BCUT2D eigenvalue weighted by atomic mass is 32.2. The molecule has 100 valence electrons. The highest BCUT2D eigenvalue weighted by Crippen LogP contribution is 2.15. The van der Waals surface area contributed by atoms with Crippen LogP contribution in [0.5, 0.6) is 0 Å². The van der Waals surface area contributed by atoms with Gasteiger partial charge in [0.15, 0.2) is 0 Å². The van der Waals surface area contributed by atoms with Crippen LogP contribution in [0.1, 0.15) is 25.0 Å². The summed E-state index contributed by atoms with van der Waals surface area (Å²) in [5.41, 5.74) is 1.56. The third kappa shape index (κ3) is 5.42. The number of urea groups is 1. The number of thioether (sulfide) groups is 1. The minimum atomic E-state index is -0.487. The van der Waals surface area contributed by atoms with Crippen LogP contribution in [0.3, 0.4) is 0 Å². The van der Waals surface area contributed by atoms with Crippen LogP contribution in [0.2, 0.25) is 0 Å². The fourth-order valence-electron chi connectivity index (χ4n) is 1.44. The molecule has 0 spiro atoms. The summed E-state index contributed by atoms with van der Waals surface area (Å²) in [4.78, 5) is 11.5. The number of hydrogen-bond acceptors (Lipinski definition) is 3. The quantitative estimate of drug-likeness (QED) is 0.695. The molecule has 0 aromatic heterocycles. The molecule has 3 N–H and O–H groups in total. The van der Waals surface area contributed by atoms with Crippen molar-refractivity contribution in [1.82, 2.24) is 5.32 Å². The first-order valence-electron chi connectivity index (χ1n) is 5.95. The van der Waals surface area contributed by atoms with E-state index in [0.717, 1.165) is 23.4 Å². The van der Waals surface area contributed by atoms with Crippen LogP contribution < -0.4 is 10.6 Å². The van der Waals surface area contributed by atoms with Crippen molar-refractivity contribution in [3.05, 3.63) is 29.8 Å². The van der Waals surface area contributed by atoms with E-state index in [0.29, 0.717) is 6.54 Å². The number of aliphatic hydroxyl groups excluding tert-OH is 1. The minimum absolute atomic E-state index is 0.194. The summed E-state index contributed by atoms with van der Waals surface area (Å²) in [6, 6.07) is 6.97. The summed E-state index contributed by atoms with van der Waals surface area (Å²) in [6.07, 6.45) is 2.53. The molecule has 0 fully saturated rings. The third-order valence-electron chi connectivity index (χ3n) is 2.46. The Morgan fingerprint density at radius 2 is 2.06 bits per heavy atom. The molecule has 0 heterocycles. The van der Waals surface area contributed by atoms with Crippen molar-refractivity contribution in [2.45, 2.75) is 19.4 Å². The molecule has 0 bridgehead atoms. The Kier molecular flexibility index (Phi) is 6.60. The molecule has 1 aromatic rings. The maximum atomic E-state index is 11.5. The topological polar surface area (TPSA) is 61.4 Å². The van der Waals surface area contributed by atoms with Crippen molar-refractivity contribution in [2.24, 2.45) is 0 Å². The van der Waals surface area contributed by atoms with Gasteiger partial charge in [-0.1, -0.05) is 12.1 Å². The van der Waals surface area contributed by atoms with E-state index in [9.17, 15) is 9.90 Å². The van der Waals surface area contributed by atoms with Crippen LogP contribution in [0.4, 0.5) is 10.5 Å². The monoisotopic (exact) mass is 268 g/mol. The number of rotatable bonds is 6. The number of benzene rings is 1. The number of carbonyl (C=O) groups is 1. The van der Waals surface area contributed by atoms with Crippen molar-refractivity contribution >= 4 is 23.5 Å². The first-order chi connectivity index (χ1) is 8.63. The van der Waals surface area contributed by atoms with Crippen LogP contribution >= 0.6 is 11.8 Å². The highest BCUT2D eigenvalue weighted by Gasteiger charge is 2.03. The normalized spacial score (nSPS) is 11.9. The summed E-state index contributed by atoms with van der Waals surface area (Å²) in [5, 5.41) is 14.9. The molecule has 0 aliphatic heterocycles. The molecule has 4 nitrogen and oxygen atoms in total. The Labute approximate surface area is 112 Å². The first-order valence-corrected chi connectivity index (χ1v) is 7.34. The van der Waals surface area contributed by atoms with E-state index >= 15 is 0 Å². The number of carbonyl (C=O) groups excluding carboxylic acids is 1. The van der Waals surface area contributed by atoms with Gasteiger partial charge in [-0.15, -0.1) is 0 Å². The Hall–Kier alpha value is -1.20. The third-order valence-corrected chi connectivity index (χ3v) is 3.16. The lowest BCUT2D eigenvalue weighted by Gasteiger charge is -2.09. The van der Waals surface area contributed by atoms with Crippen molar-refractivity contribution in [1.29, 1.82) is 0 Å². The van der Waals surface area contributed by atoms with Gasteiger partial charge in [0.25, 0.3) is 0 Å². The van der Waals surface area contributed by atoms with E-state index in [-0.39, 0.29) is 6.03 Å². The Balaban J connectivity index is 2.35. The molecule has 0 aliphatic rings. The van der Waals surface area contributed by atoms with Gasteiger partial charge < -0.3 is 15.7 Å². The van der Waals surface area contributed by atoms with Gasteiger partial charge in [-0.05, 0) is 43.0 Å². The second-order valence-electron chi connectivity index (χ2n) is 4.03. The van der Waals surface area contributed by atoms with Crippen LogP contribution in [0.25, 0.3) is 0 Å². The van der Waals surface area contributed by atoms with E-state index in [2.05, 4.69) is 10.6 Å². The lowest BCUT2D eigenvalue weighted by Crippen LogP contribution is -2.29. The summed E-state index contributed by atoms with van der Waals surface area (Å²) in [5.74, 6) is 1.05. The number of amides is 2. The molecule has 0 radical (unpaired) electrons. The zero-order chi connectivity index (χ0) is 13.4. The van der Waals surface area contributed by atoms with Gasteiger partial charge in [0, 0.05) is 12.2 Å². The van der Waals surface area contributed by atoms with Gasteiger partial charge in [-0.3, -0.25) is 0 Å². The van der Waals surface area contributed by atoms with Crippen molar-refractivity contribution < 1.29 is 9.90 Å². The lowest BCUT2D eigenvalue weighted by molar-refractivity contribution is 0.199. The van der Waals surface area contributed by atoms with Crippen molar-refractivity contribution in [2.75, 3.05) is 23.9 Å². The zero-order valence-corrected chi connectivity index (χ0v) is 11.6. The Morgan fingerprint density at radius 1 is 1.39 bits per heavy atom. The van der Waals surface area contributed by atoms with E-state index < -0.39 is 6.10 Å². The molecule has 0 saturated carbocycles. The number of anilines is 1. The fraction of sp³-hybridized carbons (Fsp3) is 0.462. The lowest BCUT2D eigenvalue weighted by atomic mass is 10.1. The molecule has 5 heteroatoms. The molecular formula is C13H20N2O2S. The maximum Gasteiger partial charge on any atom is 0.319 e. The molecule has 0 aliphatic carbocycles. The van der Waals surface area contributed by atoms with Gasteiger partial charge in [0.1, 0.15) is 0 Å². The molecule has 0 saturated heterocycles. The van der Waals surface area contributed by atoms with Crippen LogP contribution in [-0.2, 0) is 0 Å². The molecule has 18 heavy (non-hydrogen) atoms. The number of nitrogens with one attached hydrogen (secondary N) is 2. The van der Waals surface area contributed by atoms with Gasteiger partial charge in [0.2, 0.25) is 0 Å². The highest BCUT2D eigenvalue weighted by molar-refractivity contribution is 7.98. The van der Waals surface area contributed by atoms with Crippen LogP contribution in [-0.4, -0.2) is 29.7 Å². The standard InChI is InChI=1S/C13H20N2O2S/c1-10(16)11-4-6-12(7-5-11)15-13(17)14-8-3-9-18-2/h4-7,10,16H,3,8-9H2,1-2H3,(H2,14,15,17). The fourth-order valence-corrected chi connectivity index (χ4v) is 1.87. The van der Waals surface area contributed by atoms with Crippen LogP contribution in [0, 0.1) is 0 Å².